The van der Waals surface area contributed by atoms with E-state index in [0.717, 1.165) is 27.9 Å². The van der Waals surface area contributed by atoms with Gasteiger partial charge in [0.15, 0.2) is 17.3 Å². The molecule has 0 saturated carbocycles. The first kappa shape index (κ1) is 21.6. The first-order valence-electron chi connectivity index (χ1n) is 10.2. The number of thioether (sulfide) groups is 1. The Labute approximate surface area is 191 Å². The second kappa shape index (κ2) is 10.6. The summed E-state index contributed by atoms with van der Waals surface area (Å²) >= 11 is 1.60. The van der Waals surface area contributed by atoms with Gasteiger partial charge in [-0.1, -0.05) is 72.4 Å². The van der Waals surface area contributed by atoms with Crippen molar-refractivity contribution in [2.75, 3.05) is 7.11 Å². The van der Waals surface area contributed by atoms with E-state index in [2.05, 4.69) is 27.4 Å². The molecule has 0 amide bonds. The lowest BCUT2D eigenvalue weighted by molar-refractivity contribution is 0.284. The maximum Gasteiger partial charge on any atom is 0.212 e. The third-order valence-electron chi connectivity index (χ3n) is 4.73. The van der Waals surface area contributed by atoms with Gasteiger partial charge in [-0.15, -0.1) is 10.2 Å². The molecule has 0 atom stereocenters. The minimum Gasteiger partial charge on any atom is -0.493 e. The van der Waals surface area contributed by atoms with Crippen molar-refractivity contribution in [1.82, 2.24) is 14.9 Å². The van der Waals surface area contributed by atoms with Crippen LogP contribution >= 0.6 is 11.8 Å². The Morgan fingerprint density at radius 1 is 0.906 bits per heavy atom. The van der Waals surface area contributed by atoms with Crippen molar-refractivity contribution in [2.45, 2.75) is 24.4 Å². The Morgan fingerprint density at radius 2 is 1.62 bits per heavy atom. The average molecular weight is 445 g/mol. The lowest BCUT2D eigenvalue weighted by Crippen LogP contribution is -1.99. The zero-order chi connectivity index (χ0) is 22.2. The van der Waals surface area contributed by atoms with Gasteiger partial charge in [-0.25, -0.2) is 0 Å². The Hall–Kier alpha value is -3.58. The smallest absolute Gasteiger partial charge is 0.212 e. The summed E-state index contributed by atoms with van der Waals surface area (Å²) in [7, 11) is 1.63. The summed E-state index contributed by atoms with van der Waals surface area (Å²) in [5.74, 6) is 2.87. The van der Waals surface area contributed by atoms with E-state index < -0.39 is 0 Å². The summed E-state index contributed by atoms with van der Waals surface area (Å²) < 4.78 is 13.2. The normalized spacial score (nSPS) is 11.1. The molecule has 162 valence electrons. The van der Waals surface area contributed by atoms with Crippen LogP contribution < -0.4 is 9.47 Å². The van der Waals surface area contributed by atoms with Gasteiger partial charge in [0, 0.05) is 5.75 Å². The van der Waals surface area contributed by atoms with Gasteiger partial charge in [0.25, 0.3) is 0 Å². The molecule has 0 aliphatic carbocycles. The SMILES string of the molecule is COc1cc(/C=N/n2c(C)nnc2SCc2ccccc2)ccc1OCc1ccccc1. The number of nitrogens with zero attached hydrogens (tertiary/aromatic N) is 4. The quantitative estimate of drug-likeness (QED) is 0.257. The highest BCUT2D eigenvalue weighted by Gasteiger charge is 2.10. The Balaban J connectivity index is 1.45. The van der Waals surface area contributed by atoms with Crippen LogP contribution in [0.25, 0.3) is 0 Å². The first-order valence-corrected chi connectivity index (χ1v) is 11.2. The number of aromatic nitrogens is 3. The minimum atomic E-state index is 0.479. The third kappa shape index (κ3) is 5.56. The molecular weight excluding hydrogens is 420 g/mol. The highest BCUT2D eigenvalue weighted by molar-refractivity contribution is 7.98. The molecule has 0 unspecified atom stereocenters. The van der Waals surface area contributed by atoms with Crippen molar-refractivity contribution in [3.05, 3.63) is 101 Å². The van der Waals surface area contributed by atoms with Gasteiger partial charge in [0.2, 0.25) is 5.16 Å². The zero-order valence-corrected chi connectivity index (χ0v) is 18.8. The van der Waals surface area contributed by atoms with Crippen molar-refractivity contribution in [2.24, 2.45) is 5.10 Å². The molecule has 0 bridgehead atoms. The Kier molecular flexibility index (Phi) is 7.19. The molecule has 0 fully saturated rings. The molecule has 0 radical (unpaired) electrons. The van der Waals surface area contributed by atoms with Crippen molar-refractivity contribution in [1.29, 1.82) is 0 Å². The van der Waals surface area contributed by atoms with Crippen LogP contribution in [-0.4, -0.2) is 28.2 Å². The number of hydrogen-bond donors (Lipinski definition) is 0. The van der Waals surface area contributed by atoms with Crippen LogP contribution in [0.3, 0.4) is 0 Å². The van der Waals surface area contributed by atoms with Gasteiger partial charge in [-0.3, -0.25) is 0 Å². The predicted molar refractivity (Wildman–Crippen MR) is 128 cm³/mol. The fourth-order valence-electron chi connectivity index (χ4n) is 3.03. The number of hydrogen-bond acceptors (Lipinski definition) is 6. The second-order valence-electron chi connectivity index (χ2n) is 7.05. The lowest BCUT2D eigenvalue weighted by atomic mass is 10.2. The van der Waals surface area contributed by atoms with Crippen molar-refractivity contribution in [3.63, 3.8) is 0 Å². The predicted octanol–water partition coefficient (Wildman–Crippen LogP) is 5.35. The van der Waals surface area contributed by atoms with Gasteiger partial charge in [0.05, 0.1) is 13.3 Å². The first-order chi connectivity index (χ1) is 15.7. The topological polar surface area (TPSA) is 61.5 Å². The minimum absolute atomic E-state index is 0.479. The van der Waals surface area contributed by atoms with Crippen molar-refractivity contribution >= 4 is 18.0 Å². The molecular formula is C25H24N4O2S. The van der Waals surface area contributed by atoms with Gasteiger partial charge >= 0.3 is 0 Å². The molecule has 1 heterocycles. The lowest BCUT2D eigenvalue weighted by Gasteiger charge is -2.11. The number of benzene rings is 3. The molecule has 3 aromatic carbocycles. The second-order valence-corrected chi connectivity index (χ2v) is 7.99. The Morgan fingerprint density at radius 3 is 2.34 bits per heavy atom. The summed E-state index contributed by atoms with van der Waals surface area (Å²) in [6.45, 7) is 2.37. The van der Waals surface area contributed by atoms with E-state index in [4.69, 9.17) is 9.47 Å². The molecule has 0 saturated heterocycles. The van der Waals surface area contributed by atoms with E-state index in [9.17, 15) is 0 Å². The molecule has 32 heavy (non-hydrogen) atoms. The number of methoxy groups -OCH3 is 1. The van der Waals surface area contributed by atoms with Gasteiger partial charge in [-0.05, 0) is 41.8 Å². The Bertz CT molecular complexity index is 1180. The van der Waals surface area contributed by atoms with Crippen LogP contribution in [0.4, 0.5) is 0 Å². The standard InChI is InChI=1S/C25H24N4O2S/c1-19-27-28-25(32-18-21-11-7-4-8-12-21)29(19)26-16-22-13-14-23(24(15-22)30-2)31-17-20-9-5-3-6-10-20/h3-16H,17-18H2,1-2H3/b26-16+. The summed E-state index contributed by atoms with van der Waals surface area (Å²) in [6.07, 6.45) is 1.77. The zero-order valence-electron chi connectivity index (χ0n) is 18.0. The van der Waals surface area contributed by atoms with Crippen LogP contribution in [0.5, 0.6) is 11.5 Å². The summed E-state index contributed by atoms with van der Waals surface area (Å²) in [5, 5.41) is 13.8. The summed E-state index contributed by atoms with van der Waals surface area (Å²) in [5.41, 5.74) is 3.22. The molecule has 0 aliphatic rings. The van der Waals surface area contributed by atoms with Crippen molar-refractivity contribution in [3.8, 4) is 11.5 Å². The maximum atomic E-state index is 5.93. The van der Waals surface area contributed by atoms with Crippen LogP contribution in [0.2, 0.25) is 0 Å². The van der Waals surface area contributed by atoms with E-state index in [1.807, 2.05) is 73.7 Å². The molecule has 0 aliphatic heterocycles. The molecule has 0 spiro atoms. The van der Waals surface area contributed by atoms with E-state index in [1.165, 1.54) is 5.56 Å². The summed E-state index contributed by atoms with van der Waals surface area (Å²) in [4.78, 5) is 0. The highest BCUT2D eigenvalue weighted by atomic mass is 32.2. The van der Waals surface area contributed by atoms with E-state index in [1.54, 1.807) is 29.8 Å². The molecule has 4 rings (SSSR count). The van der Waals surface area contributed by atoms with Crippen LogP contribution in [0.1, 0.15) is 22.5 Å². The number of ether oxygens (including phenoxy) is 2. The molecule has 4 aromatic rings. The van der Waals surface area contributed by atoms with Gasteiger partial charge < -0.3 is 9.47 Å². The third-order valence-corrected chi connectivity index (χ3v) is 5.72. The van der Waals surface area contributed by atoms with Gasteiger partial charge in [0.1, 0.15) is 6.61 Å². The number of aryl methyl sites for hydroxylation is 1. The van der Waals surface area contributed by atoms with E-state index in [-0.39, 0.29) is 0 Å². The fraction of sp³-hybridized carbons (Fsp3) is 0.160. The van der Waals surface area contributed by atoms with Crippen LogP contribution in [0.15, 0.2) is 89.1 Å². The monoisotopic (exact) mass is 444 g/mol. The van der Waals surface area contributed by atoms with Crippen LogP contribution in [-0.2, 0) is 12.4 Å². The van der Waals surface area contributed by atoms with Crippen molar-refractivity contribution < 1.29 is 9.47 Å². The molecule has 6 nitrogen and oxygen atoms in total. The molecule has 0 N–H and O–H groups in total. The maximum absolute atomic E-state index is 5.93. The fourth-order valence-corrected chi connectivity index (χ4v) is 3.92. The molecule has 1 aromatic heterocycles. The highest BCUT2D eigenvalue weighted by Crippen LogP contribution is 2.28. The number of rotatable bonds is 9. The van der Waals surface area contributed by atoms with Crippen LogP contribution in [0, 0.1) is 6.92 Å². The molecule has 7 heteroatoms. The van der Waals surface area contributed by atoms with Gasteiger partial charge in [-0.2, -0.15) is 9.78 Å². The summed E-state index contributed by atoms with van der Waals surface area (Å²) in [6, 6.07) is 26.0. The van der Waals surface area contributed by atoms with E-state index >= 15 is 0 Å². The largest absolute Gasteiger partial charge is 0.493 e. The average Bonchev–Trinajstić information content (AvgIpc) is 3.20. The van der Waals surface area contributed by atoms with E-state index in [0.29, 0.717) is 18.1 Å².